The van der Waals surface area contributed by atoms with Crippen LogP contribution < -0.4 is 0 Å². The molecule has 0 radical (unpaired) electrons. The number of azide groups is 1. The number of aliphatic hydroxyl groups is 2. The van der Waals surface area contributed by atoms with Gasteiger partial charge in [0.15, 0.2) is 5.72 Å². The molecule has 2 atom stereocenters. The number of hydroxylamine groups is 2. The molecule has 1 rings (SSSR count). The zero-order chi connectivity index (χ0) is 11.6. The van der Waals surface area contributed by atoms with Gasteiger partial charge in [0.1, 0.15) is 0 Å². The van der Waals surface area contributed by atoms with Crippen molar-refractivity contribution >= 4 is 11.8 Å². The van der Waals surface area contributed by atoms with Crippen LogP contribution in [0.25, 0.3) is 10.4 Å². The number of hydrogen-bond acceptors (Lipinski definition) is 6. The summed E-state index contributed by atoms with van der Waals surface area (Å²) in [6.45, 7) is -1.02. The minimum atomic E-state index is -2.40. The molecule has 1 saturated heterocycles. The Balaban J connectivity index is 3.02. The van der Waals surface area contributed by atoms with Gasteiger partial charge >= 0.3 is 0 Å². The van der Waals surface area contributed by atoms with Crippen LogP contribution in [0, 0.1) is 5.92 Å². The molecule has 0 aliphatic carbocycles. The Morgan fingerprint density at radius 1 is 1.67 bits per heavy atom. The minimum Gasteiger partial charge on any atom is -0.393 e. The third-order valence-corrected chi connectivity index (χ3v) is 2.13. The van der Waals surface area contributed by atoms with E-state index < -0.39 is 36.5 Å². The highest BCUT2D eigenvalue weighted by molar-refractivity contribution is 6.02. The minimum absolute atomic E-state index is 0.168. The zero-order valence-electron chi connectivity index (χ0n) is 7.44. The van der Waals surface area contributed by atoms with Crippen LogP contribution >= 0.6 is 0 Å². The lowest BCUT2D eigenvalue weighted by Gasteiger charge is -2.24. The molecular weight excluding hydrogens is 208 g/mol. The molecule has 0 spiro atoms. The summed E-state index contributed by atoms with van der Waals surface area (Å²) in [5.74, 6) is -3.50. The van der Waals surface area contributed by atoms with Gasteiger partial charge in [-0.2, -0.15) is 5.06 Å². The molecule has 0 saturated carbocycles. The molecule has 3 N–H and O–H groups in total. The number of rotatable bonds is 3. The van der Waals surface area contributed by atoms with Crippen molar-refractivity contribution in [3.63, 3.8) is 0 Å². The molecule has 9 heteroatoms. The van der Waals surface area contributed by atoms with Crippen molar-refractivity contribution in [1.82, 2.24) is 5.06 Å². The van der Waals surface area contributed by atoms with E-state index in [2.05, 4.69) is 10.0 Å². The second kappa shape index (κ2) is 3.83. The fourth-order valence-electron chi connectivity index (χ4n) is 1.27. The predicted octanol–water partition coefficient (Wildman–Crippen LogP) is -1.26. The van der Waals surface area contributed by atoms with Crippen molar-refractivity contribution in [2.75, 3.05) is 6.61 Å². The lowest BCUT2D eigenvalue weighted by atomic mass is 9.95. The first-order valence-corrected chi connectivity index (χ1v) is 3.91. The van der Waals surface area contributed by atoms with Crippen LogP contribution in [-0.4, -0.2) is 44.6 Å². The molecular formula is C6H8N4O5. The molecule has 0 aromatic carbocycles. The number of nitrogens with zero attached hydrogens (tertiary/aromatic N) is 4. The standard InChI is InChI=1S/C6H8N4O5/c7-9-8-6(14,2-11)3-1-4(12)10(15)5(3)13/h3,11,14-15H,1-2H2. The highest BCUT2D eigenvalue weighted by Gasteiger charge is 2.50. The smallest absolute Gasteiger partial charge is 0.260 e. The Kier molecular flexibility index (Phi) is 2.91. The topological polar surface area (TPSA) is 147 Å². The van der Waals surface area contributed by atoms with Crippen LogP contribution in [0.15, 0.2) is 5.11 Å². The lowest BCUT2D eigenvalue weighted by molar-refractivity contribution is -0.175. The summed E-state index contributed by atoms with van der Waals surface area (Å²) in [7, 11) is 0. The second-order valence-electron chi connectivity index (χ2n) is 3.03. The van der Waals surface area contributed by atoms with Gasteiger partial charge in [-0.25, -0.2) is 0 Å². The first-order chi connectivity index (χ1) is 6.96. The summed E-state index contributed by atoms with van der Waals surface area (Å²) in [5.41, 5.74) is 5.72. The number of hydrogen-bond donors (Lipinski definition) is 3. The molecule has 0 aromatic heterocycles. The summed E-state index contributed by atoms with van der Waals surface area (Å²) in [5, 5.41) is 29.9. The van der Waals surface area contributed by atoms with E-state index >= 15 is 0 Å². The van der Waals surface area contributed by atoms with E-state index in [1.54, 1.807) is 0 Å². The van der Waals surface area contributed by atoms with Gasteiger partial charge in [-0.3, -0.25) is 14.8 Å². The Bertz CT molecular complexity index is 351. The van der Waals surface area contributed by atoms with Crippen molar-refractivity contribution < 1.29 is 25.0 Å². The van der Waals surface area contributed by atoms with E-state index in [0.717, 1.165) is 0 Å². The summed E-state index contributed by atoms with van der Waals surface area (Å²) in [6.07, 6.45) is -0.522. The van der Waals surface area contributed by atoms with Gasteiger partial charge < -0.3 is 10.2 Å². The Morgan fingerprint density at radius 3 is 2.60 bits per heavy atom. The normalized spacial score (nSPS) is 25.0. The maximum absolute atomic E-state index is 11.2. The van der Waals surface area contributed by atoms with E-state index in [4.69, 9.17) is 15.8 Å². The molecule has 1 fully saturated rings. The fraction of sp³-hybridized carbons (Fsp3) is 0.667. The van der Waals surface area contributed by atoms with E-state index in [1.807, 2.05) is 0 Å². The number of aliphatic hydroxyl groups excluding tert-OH is 1. The number of carbonyl (C=O) groups excluding carboxylic acids is 2. The van der Waals surface area contributed by atoms with Crippen molar-refractivity contribution in [2.24, 2.45) is 11.0 Å². The third-order valence-electron chi connectivity index (χ3n) is 2.13. The van der Waals surface area contributed by atoms with Gasteiger partial charge in [-0.05, 0) is 5.53 Å². The van der Waals surface area contributed by atoms with Gasteiger partial charge in [-0.1, -0.05) is 5.11 Å². The monoisotopic (exact) mass is 216 g/mol. The molecule has 1 aliphatic heterocycles. The molecule has 15 heavy (non-hydrogen) atoms. The molecule has 0 bridgehead atoms. The van der Waals surface area contributed by atoms with Crippen LogP contribution in [0.5, 0.6) is 0 Å². The predicted molar refractivity (Wildman–Crippen MR) is 42.9 cm³/mol. The summed E-state index contributed by atoms with van der Waals surface area (Å²) in [6, 6.07) is 0. The maximum atomic E-state index is 11.2. The SMILES string of the molecule is [N-]=[N+]=NC(O)(CO)C1CC(=O)N(O)C1=O. The van der Waals surface area contributed by atoms with Gasteiger partial charge in [0.2, 0.25) is 0 Å². The van der Waals surface area contributed by atoms with Crippen molar-refractivity contribution in [1.29, 1.82) is 0 Å². The molecule has 1 aliphatic rings. The molecule has 0 aromatic rings. The van der Waals surface area contributed by atoms with Crippen LogP contribution in [0.3, 0.4) is 0 Å². The van der Waals surface area contributed by atoms with E-state index in [9.17, 15) is 14.7 Å². The molecule has 9 nitrogen and oxygen atoms in total. The van der Waals surface area contributed by atoms with Gasteiger partial charge in [-0.15, -0.1) is 0 Å². The van der Waals surface area contributed by atoms with Crippen LogP contribution in [-0.2, 0) is 9.59 Å². The van der Waals surface area contributed by atoms with Crippen molar-refractivity contribution in [3.8, 4) is 0 Å². The Hall–Kier alpha value is -1.67. The molecule has 82 valence electrons. The maximum Gasteiger partial charge on any atom is 0.260 e. The number of carbonyl (C=O) groups is 2. The number of imide groups is 1. The molecule has 2 unspecified atom stereocenters. The largest absolute Gasteiger partial charge is 0.393 e. The van der Waals surface area contributed by atoms with Crippen molar-refractivity contribution in [3.05, 3.63) is 10.4 Å². The van der Waals surface area contributed by atoms with E-state index in [-0.39, 0.29) is 5.06 Å². The quantitative estimate of drug-likeness (QED) is 0.177. The van der Waals surface area contributed by atoms with Gasteiger partial charge in [0.05, 0.1) is 12.5 Å². The highest BCUT2D eigenvalue weighted by atomic mass is 16.5. The average molecular weight is 216 g/mol. The fourth-order valence-corrected chi connectivity index (χ4v) is 1.27. The van der Waals surface area contributed by atoms with Crippen LogP contribution in [0.2, 0.25) is 0 Å². The van der Waals surface area contributed by atoms with E-state index in [0.29, 0.717) is 0 Å². The van der Waals surface area contributed by atoms with Gasteiger partial charge in [0, 0.05) is 11.3 Å². The molecule has 2 amide bonds. The second-order valence-corrected chi connectivity index (χ2v) is 3.03. The zero-order valence-corrected chi connectivity index (χ0v) is 7.44. The first kappa shape index (κ1) is 11.4. The summed E-state index contributed by atoms with van der Waals surface area (Å²) in [4.78, 5) is 24.3. The Labute approximate surface area is 83.1 Å². The third kappa shape index (κ3) is 1.76. The van der Waals surface area contributed by atoms with Crippen LogP contribution in [0.4, 0.5) is 0 Å². The first-order valence-electron chi connectivity index (χ1n) is 3.91. The lowest BCUT2D eigenvalue weighted by Crippen LogP contribution is -2.43. The van der Waals surface area contributed by atoms with Gasteiger partial charge in [0.25, 0.3) is 11.8 Å². The Morgan fingerprint density at radius 2 is 2.27 bits per heavy atom. The van der Waals surface area contributed by atoms with Crippen molar-refractivity contribution in [2.45, 2.75) is 12.1 Å². The summed E-state index contributed by atoms with van der Waals surface area (Å²) < 4.78 is 0. The van der Waals surface area contributed by atoms with E-state index in [1.165, 1.54) is 0 Å². The highest BCUT2D eigenvalue weighted by Crippen LogP contribution is 2.29. The average Bonchev–Trinajstić information content (AvgIpc) is 2.47. The summed E-state index contributed by atoms with van der Waals surface area (Å²) >= 11 is 0. The number of amides is 2. The van der Waals surface area contributed by atoms with Crippen LogP contribution in [0.1, 0.15) is 6.42 Å². The molecule has 1 heterocycles.